The number of halogens is 1. The Bertz CT molecular complexity index is 542. The summed E-state index contributed by atoms with van der Waals surface area (Å²) < 4.78 is 5.47. The van der Waals surface area contributed by atoms with Crippen LogP contribution < -0.4 is 9.64 Å². The summed E-state index contributed by atoms with van der Waals surface area (Å²) >= 11 is 6.14. The zero-order chi connectivity index (χ0) is 14.4. The van der Waals surface area contributed by atoms with Crippen LogP contribution in [-0.2, 0) is 6.54 Å². The molecule has 2 rings (SSSR count). The molecule has 0 aromatic heterocycles. The van der Waals surface area contributed by atoms with Crippen molar-refractivity contribution in [2.24, 2.45) is 0 Å². The van der Waals surface area contributed by atoms with Gasteiger partial charge < -0.3 is 9.64 Å². The third-order valence-electron chi connectivity index (χ3n) is 3.19. The summed E-state index contributed by atoms with van der Waals surface area (Å²) in [4.78, 5) is 2.31. The van der Waals surface area contributed by atoms with E-state index in [2.05, 4.69) is 36.1 Å². The van der Waals surface area contributed by atoms with Crippen molar-refractivity contribution in [3.63, 3.8) is 0 Å². The Hall–Kier alpha value is -1.67. The van der Waals surface area contributed by atoms with E-state index in [4.69, 9.17) is 16.3 Å². The lowest BCUT2D eigenvalue weighted by Crippen LogP contribution is -2.24. The van der Waals surface area contributed by atoms with Crippen molar-refractivity contribution in [1.82, 2.24) is 0 Å². The van der Waals surface area contributed by atoms with Crippen molar-refractivity contribution in [1.29, 1.82) is 0 Å². The number of hydrogen-bond acceptors (Lipinski definition) is 2. The van der Waals surface area contributed by atoms with Crippen LogP contribution in [0, 0.1) is 0 Å². The molecule has 0 aliphatic rings. The lowest BCUT2D eigenvalue weighted by Gasteiger charge is -2.26. The fourth-order valence-electron chi connectivity index (χ4n) is 2.27. The van der Waals surface area contributed by atoms with Gasteiger partial charge in [0.2, 0.25) is 0 Å². The molecule has 2 nitrogen and oxygen atoms in total. The van der Waals surface area contributed by atoms with Crippen LogP contribution in [0.1, 0.15) is 18.9 Å². The largest absolute Gasteiger partial charge is 0.495 e. The molecular weight excluding hydrogens is 270 g/mol. The first kappa shape index (κ1) is 14.7. The van der Waals surface area contributed by atoms with Crippen molar-refractivity contribution in [2.45, 2.75) is 19.9 Å². The Balaban J connectivity index is 2.30. The van der Waals surface area contributed by atoms with E-state index in [0.29, 0.717) is 0 Å². The van der Waals surface area contributed by atoms with Gasteiger partial charge in [-0.15, -0.1) is 0 Å². The molecule has 0 aliphatic heterocycles. The standard InChI is InChI=1S/C17H20ClNO/c1-3-11-19(13-14-7-5-4-6-8-14)16-12-15(18)9-10-17(16)20-2/h4-10,12H,3,11,13H2,1-2H3. The van der Waals surface area contributed by atoms with Gasteiger partial charge in [-0.05, 0) is 30.2 Å². The Morgan fingerprint density at radius 2 is 1.85 bits per heavy atom. The molecule has 0 amide bonds. The van der Waals surface area contributed by atoms with Crippen LogP contribution in [0.3, 0.4) is 0 Å². The number of ether oxygens (including phenoxy) is 1. The number of benzene rings is 2. The van der Waals surface area contributed by atoms with Crippen LogP contribution in [0.5, 0.6) is 5.75 Å². The van der Waals surface area contributed by atoms with Crippen molar-refractivity contribution in [3.8, 4) is 5.75 Å². The normalized spacial score (nSPS) is 10.3. The molecule has 2 aromatic rings. The van der Waals surface area contributed by atoms with Crippen molar-refractivity contribution in [2.75, 3.05) is 18.6 Å². The van der Waals surface area contributed by atoms with Gasteiger partial charge in [0.25, 0.3) is 0 Å². The summed E-state index contributed by atoms with van der Waals surface area (Å²) in [5.74, 6) is 0.860. The highest BCUT2D eigenvalue weighted by atomic mass is 35.5. The Labute approximate surface area is 125 Å². The summed E-state index contributed by atoms with van der Waals surface area (Å²) in [6, 6.07) is 16.2. The van der Waals surface area contributed by atoms with Crippen LogP contribution in [0.15, 0.2) is 48.5 Å². The van der Waals surface area contributed by atoms with Crippen LogP contribution in [-0.4, -0.2) is 13.7 Å². The predicted octanol–water partition coefficient (Wildman–Crippen LogP) is 4.77. The van der Waals surface area contributed by atoms with Gasteiger partial charge >= 0.3 is 0 Å². The van der Waals surface area contributed by atoms with E-state index < -0.39 is 0 Å². The van der Waals surface area contributed by atoms with Crippen molar-refractivity contribution < 1.29 is 4.74 Å². The zero-order valence-corrected chi connectivity index (χ0v) is 12.7. The van der Waals surface area contributed by atoms with Crippen LogP contribution >= 0.6 is 11.6 Å². The van der Waals surface area contributed by atoms with Crippen LogP contribution in [0.4, 0.5) is 5.69 Å². The third-order valence-corrected chi connectivity index (χ3v) is 3.43. The lowest BCUT2D eigenvalue weighted by atomic mass is 10.2. The molecule has 0 heterocycles. The maximum atomic E-state index is 6.14. The van der Waals surface area contributed by atoms with E-state index in [9.17, 15) is 0 Å². The molecule has 0 bridgehead atoms. The number of hydrogen-bond donors (Lipinski definition) is 0. The minimum absolute atomic E-state index is 0.731. The first-order chi connectivity index (χ1) is 9.74. The molecular formula is C17H20ClNO. The van der Waals surface area contributed by atoms with Gasteiger partial charge in [-0.3, -0.25) is 0 Å². The number of methoxy groups -OCH3 is 1. The zero-order valence-electron chi connectivity index (χ0n) is 12.0. The Morgan fingerprint density at radius 1 is 1.10 bits per heavy atom. The molecule has 3 heteroatoms. The van der Waals surface area contributed by atoms with Gasteiger partial charge in [0, 0.05) is 18.1 Å². The second-order valence-electron chi connectivity index (χ2n) is 4.72. The van der Waals surface area contributed by atoms with Crippen LogP contribution in [0.25, 0.3) is 0 Å². The molecule has 106 valence electrons. The van der Waals surface area contributed by atoms with E-state index in [1.807, 2.05) is 24.3 Å². The maximum absolute atomic E-state index is 6.14. The van der Waals surface area contributed by atoms with Crippen molar-refractivity contribution >= 4 is 17.3 Å². The average molecular weight is 290 g/mol. The number of anilines is 1. The van der Waals surface area contributed by atoms with E-state index in [-0.39, 0.29) is 0 Å². The monoisotopic (exact) mass is 289 g/mol. The second kappa shape index (κ2) is 7.20. The summed E-state index contributed by atoms with van der Waals surface area (Å²) in [6.45, 7) is 3.99. The average Bonchev–Trinajstić information content (AvgIpc) is 2.48. The first-order valence-electron chi connectivity index (χ1n) is 6.87. The van der Waals surface area contributed by atoms with Gasteiger partial charge in [0.05, 0.1) is 12.8 Å². The maximum Gasteiger partial charge on any atom is 0.142 e. The minimum Gasteiger partial charge on any atom is -0.495 e. The van der Waals surface area contributed by atoms with E-state index in [1.165, 1.54) is 5.56 Å². The molecule has 0 radical (unpaired) electrons. The molecule has 0 N–H and O–H groups in total. The lowest BCUT2D eigenvalue weighted by molar-refractivity contribution is 0.414. The molecule has 0 spiro atoms. The summed E-state index contributed by atoms with van der Waals surface area (Å²) in [6.07, 6.45) is 1.07. The van der Waals surface area contributed by atoms with Gasteiger partial charge in [-0.1, -0.05) is 48.9 Å². The smallest absolute Gasteiger partial charge is 0.142 e. The van der Waals surface area contributed by atoms with Gasteiger partial charge in [-0.2, -0.15) is 0 Å². The van der Waals surface area contributed by atoms with Gasteiger partial charge in [0.15, 0.2) is 0 Å². The van der Waals surface area contributed by atoms with Crippen molar-refractivity contribution in [3.05, 3.63) is 59.1 Å². The molecule has 0 saturated heterocycles. The van der Waals surface area contributed by atoms with Gasteiger partial charge in [0.1, 0.15) is 5.75 Å². The molecule has 2 aromatic carbocycles. The fraction of sp³-hybridized carbons (Fsp3) is 0.294. The predicted molar refractivity (Wildman–Crippen MR) is 85.8 cm³/mol. The highest BCUT2D eigenvalue weighted by Crippen LogP contribution is 2.32. The summed E-state index contributed by atoms with van der Waals surface area (Å²) in [7, 11) is 1.69. The Morgan fingerprint density at radius 3 is 2.50 bits per heavy atom. The first-order valence-corrected chi connectivity index (χ1v) is 7.24. The molecule has 0 unspecified atom stereocenters. The van der Waals surface area contributed by atoms with E-state index >= 15 is 0 Å². The topological polar surface area (TPSA) is 12.5 Å². The third kappa shape index (κ3) is 3.67. The fourth-order valence-corrected chi connectivity index (χ4v) is 2.44. The molecule has 0 atom stereocenters. The summed E-state index contributed by atoms with van der Waals surface area (Å²) in [5.41, 5.74) is 2.33. The molecule has 20 heavy (non-hydrogen) atoms. The quantitative estimate of drug-likeness (QED) is 0.760. The molecule has 0 fully saturated rings. The second-order valence-corrected chi connectivity index (χ2v) is 5.16. The minimum atomic E-state index is 0.731. The SMILES string of the molecule is CCCN(Cc1ccccc1)c1cc(Cl)ccc1OC. The molecule has 0 aliphatic carbocycles. The Kier molecular flexibility index (Phi) is 5.31. The molecule has 0 saturated carbocycles. The van der Waals surface area contributed by atoms with E-state index in [0.717, 1.165) is 36.0 Å². The van der Waals surface area contributed by atoms with E-state index in [1.54, 1.807) is 7.11 Å². The summed E-state index contributed by atoms with van der Waals surface area (Å²) in [5, 5.41) is 0.731. The van der Waals surface area contributed by atoms with Crippen LogP contribution in [0.2, 0.25) is 5.02 Å². The highest BCUT2D eigenvalue weighted by Gasteiger charge is 2.12. The number of rotatable bonds is 6. The number of nitrogens with zero attached hydrogens (tertiary/aromatic N) is 1. The van der Waals surface area contributed by atoms with Gasteiger partial charge in [-0.25, -0.2) is 0 Å². The highest BCUT2D eigenvalue weighted by molar-refractivity contribution is 6.30.